The lowest BCUT2D eigenvalue weighted by Crippen LogP contribution is -2.39. The van der Waals surface area contributed by atoms with Crippen LogP contribution in [0.25, 0.3) is 0 Å². The van der Waals surface area contributed by atoms with Crippen LogP contribution in [0.5, 0.6) is 0 Å². The van der Waals surface area contributed by atoms with E-state index in [2.05, 4.69) is 126 Å². The van der Waals surface area contributed by atoms with Gasteiger partial charge in [0.15, 0.2) is 0 Å². The van der Waals surface area contributed by atoms with Crippen LogP contribution in [0.1, 0.15) is 91.6 Å². The van der Waals surface area contributed by atoms with E-state index in [1.54, 1.807) is 0 Å². The highest BCUT2D eigenvalue weighted by molar-refractivity contribution is 5.20. The normalized spacial score (nSPS) is 14.2. The summed E-state index contributed by atoms with van der Waals surface area (Å²) in [6, 6.07) is 23.7. The van der Waals surface area contributed by atoms with Crippen molar-refractivity contribution in [2.45, 2.75) is 105 Å². The van der Waals surface area contributed by atoms with Gasteiger partial charge in [-0.1, -0.05) is 60.7 Å². The van der Waals surface area contributed by atoms with Crippen LogP contribution < -0.4 is 0 Å². The van der Waals surface area contributed by atoms with E-state index >= 15 is 0 Å². The Hall–Kier alpha value is -1.68. The predicted octanol–water partition coefficient (Wildman–Crippen LogP) is 7.50. The minimum Gasteiger partial charge on any atom is -0.366 e. The topological polar surface area (TPSA) is 15.7 Å². The Morgan fingerprint density at radius 3 is 1.09 bits per heavy atom. The van der Waals surface area contributed by atoms with Crippen LogP contribution in [0, 0.1) is 0 Å². The molecule has 0 aliphatic carbocycles. The SMILES string of the molecule is CC(C)N(CCC(OC(CCN(C(C)C)C(C)C)c1ccccc1)c1ccccc1)C(C)C. The smallest absolute Gasteiger partial charge is 0.0845 e. The van der Waals surface area contributed by atoms with Crippen LogP contribution >= 0.6 is 0 Å². The van der Waals surface area contributed by atoms with E-state index < -0.39 is 0 Å². The number of hydrogen-bond acceptors (Lipinski definition) is 3. The summed E-state index contributed by atoms with van der Waals surface area (Å²) < 4.78 is 6.99. The van der Waals surface area contributed by atoms with Crippen molar-refractivity contribution in [3.63, 3.8) is 0 Å². The lowest BCUT2D eigenvalue weighted by atomic mass is 10.0. The molecule has 2 aromatic rings. The number of benzene rings is 2. The Morgan fingerprint density at radius 1 is 0.515 bits per heavy atom. The fourth-order valence-corrected chi connectivity index (χ4v) is 4.92. The largest absolute Gasteiger partial charge is 0.366 e. The van der Waals surface area contributed by atoms with Crippen LogP contribution in [0.3, 0.4) is 0 Å². The zero-order valence-corrected chi connectivity index (χ0v) is 22.4. The van der Waals surface area contributed by atoms with Crippen molar-refractivity contribution >= 4 is 0 Å². The first-order chi connectivity index (χ1) is 15.7. The van der Waals surface area contributed by atoms with Crippen molar-refractivity contribution in [1.29, 1.82) is 0 Å². The van der Waals surface area contributed by atoms with Crippen molar-refractivity contribution < 1.29 is 4.74 Å². The Kier molecular flexibility index (Phi) is 11.6. The molecule has 0 radical (unpaired) electrons. The maximum absolute atomic E-state index is 6.99. The molecule has 0 aliphatic rings. The molecule has 0 bridgehead atoms. The summed E-state index contributed by atoms with van der Waals surface area (Å²) in [5.74, 6) is 0. The molecule has 0 saturated carbocycles. The van der Waals surface area contributed by atoms with Crippen LogP contribution in [0.15, 0.2) is 60.7 Å². The van der Waals surface area contributed by atoms with Crippen molar-refractivity contribution in [2.75, 3.05) is 13.1 Å². The molecule has 3 nitrogen and oxygen atoms in total. The Balaban J connectivity index is 2.26. The molecule has 0 N–H and O–H groups in total. The number of ether oxygens (including phenoxy) is 1. The van der Waals surface area contributed by atoms with Crippen molar-refractivity contribution in [3.8, 4) is 0 Å². The molecule has 0 saturated heterocycles. The van der Waals surface area contributed by atoms with E-state index in [9.17, 15) is 0 Å². The molecule has 0 aliphatic heterocycles. The maximum atomic E-state index is 6.99. The molecule has 2 aromatic carbocycles. The van der Waals surface area contributed by atoms with E-state index in [1.807, 2.05) is 0 Å². The summed E-state index contributed by atoms with van der Waals surface area (Å²) in [5.41, 5.74) is 2.55. The van der Waals surface area contributed by atoms with E-state index in [0.717, 1.165) is 25.9 Å². The summed E-state index contributed by atoms with van der Waals surface area (Å²) in [7, 11) is 0. The second-order valence-corrected chi connectivity index (χ2v) is 10.4. The molecule has 2 unspecified atom stereocenters. The van der Waals surface area contributed by atoms with Crippen LogP contribution in [0.2, 0.25) is 0 Å². The molecule has 2 rings (SSSR count). The summed E-state index contributed by atoms with van der Waals surface area (Å²) in [6.07, 6.45) is 2.12. The van der Waals surface area contributed by atoms with Gasteiger partial charge in [0, 0.05) is 37.3 Å². The Labute approximate surface area is 204 Å². The minimum atomic E-state index is 0.0722. The second kappa shape index (κ2) is 13.9. The molecule has 0 heterocycles. The highest BCUT2D eigenvalue weighted by Gasteiger charge is 2.24. The monoisotopic (exact) mass is 452 g/mol. The van der Waals surface area contributed by atoms with Gasteiger partial charge in [0.05, 0.1) is 12.2 Å². The first-order valence-electron chi connectivity index (χ1n) is 13.0. The molecule has 0 spiro atoms. The number of nitrogens with zero attached hydrogens (tertiary/aromatic N) is 2. The first kappa shape index (κ1) is 27.6. The van der Waals surface area contributed by atoms with Gasteiger partial charge in [0.1, 0.15) is 0 Å². The van der Waals surface area contributed by atoms with Crippen LogP contribution in [-0.4, -0.2) is 47.1 Å². The summed E-state index contributed by atoms with van der Waals surface area (Å²) in [6.45, 7) is 20.4. The standard InChI is InChI=1S/C30H48N2O/c1-23(2)31(24(3)4)21-19-29(27-15-11-9-12-16-27)33-30(28-17-13-10-14-18-28)20-22-32(25(5)6)26(7)8/h9-18,23-26,29-30H,19-22H2,1-8H3. The average molecular weight is 453 g/mol. The fraction of sp³-hybridized carbons (Fsp3) is 0.600. The molecule has 0 aromatic heterocycles. The summed E-state index contributed by atoms with van der Waals surface area (Å²) in [5, 5.41) is 0. The van der Waals surface area contributed by atoms with Gasteiger partial charge in [-0.05, 0) is 79.4 Å². The highest BCUT2D eigenvalue weighted by Crippen LogP contribution is 2.32. The van der Waals surface area contributed by atoms with Gasteiger partial charge in [0.25, 0.3) is 0 Å². The maximum Gasteiger partial charge on any atom is 0.0845 e. The Bertz CT molecular complexity index is 676. The van der Waals surface area contributed by atoms with Crippen LogP contribution in [0.4, 0.5) is 0 Å². The second-order valence-electron chi connectivity index (χ2n) is 10.4. The predicted molar refractivity (Wildman–Crippen MR) is 143 cm³/mol. The zero-order valence-electron chi connectivity index (χ0n) is 22.4. The highest BCUT2D eigenvalue weighted by atomic mass is 16.5. The summed E-state index contributed by atoms with van der Waals surface area (Å²) in [4.78, 5) is 5.13. The third-order valence-corrected chi connectivity index (χ3v) is 6.62. The van der Waals surface area contributed by atoms with Crippen molar-refractivity contribution in [3.05, 3.63) is 71.8 Å². The van der Waals surface area contributed by atoms with E-state index in [4.69, 9.17) is 4.74 Å². The lowest BCUT2D eigenvalue weighted by molar-refractivity contribution is -0.0365. The molecular weight excluding hydrogens is 404 g/mol. The van der Waals surface area contributed by atoms with Gasteiger partial charge in [-0.2, -0.15) is 0 Å². The quantitative estimate of drug-likeness (QED) is 0.295. The third kappa shape index (κ3) is 8.88. The fourth-order valence-electron chi connectivity index (χ4n) is 4.92. The van der Waals surface area contributed by atoms with Gasteiger partial charge in [-0.3, -0.25) is 9.80 Å². The average Bonchev–Trinajstić information content (AvgIpc) is 2.77. The summed E-state index contributed by atoms with van der Waals surface area (Å²) >= 11 is 0. The zero-order chi connectivity index (χ0) is 24.4. The molecule has 0 amide bonds. The minimum absolute atomic E-state index is 0.0722. The van der Waals surface area contributed by atoms with Crippen molar-refractivity contribution in [1.82, 2.24) is 9.80 Å². The van der Waals surface area contributed by atoms with Crippen molar-refractivity contribution in [2.24, 2.45) is 0 Å². The molecule has 33 heavy (non-hydrogen) atoms. The van der Waals surface area contributed by atoms with E-state index in [-0.39, 0.29) is 12.2 Å². The first-order valence-corrected chi connectivity index (χ1v) is 13.0. The van der Waals surface area contributed by atoms with Gasteiger partial charge in [-0.15, -0.1) is 0 Å². The molecular formula is C30H48N2O. The Morgan fingerprint density at radius 2 is 0.818 bits per heavy atom. The molecule has 3 heteroatoms. The van der Waals surface area contributed by atoms with Gasteiger partial charge in [0.2, 0.25) is 0 Å². The number of rotatable bonds is 14. The van der Waals surface area contributed by atoms with Gasteiger partial charge in [-0.25, -0.2) is 0 Å². The third-order valence-electron chi connectivity index (χ3n) is 6.62. The number of hydrogen-bond donors (Lipinski definition) is 0. The van der Waals surface area contributed by atoms with E-state index in [0.29, 0.717) is 24.2 Å². The lowest BCUT2D eigenvalue weighted by Gasteiger charge is -2.35. The molecule has 0 fully saturated rings. The van der Waals surface area contributed by atoms with Gasteiger partial charge >= 0.3 is 0 Å². The van der Waals surface area contributed by atoms with E-state index in [1.165, 1.54) is 11.1 Å². The molecule has 2 atom stereocenters. The van der Waals surface area contributed by atoms with Crippen LogP contribution in [-0.2, 0) is 4.74 Å². The molecule has 184 valence electrons. The van der Waals surface area contributed by atoms with Gasteiger partial charge < -0.3 is 4.74 Å².